The predicted octanol–water partition coefficient (Wildman–Crippen LogP) is 2.79. The predicted molar refractivity (Wildman–Crippen MR) is 79.7 cm³/mol. The fourth-order valence-corrected chi connectivity index (χ4v) is 2.55. The van der Waals surface area contributed by atoms with Gasteiger partial charge in [-0.05, 0) is 18.2 Å². The molecular formula is C13H14Cl2N4O. The minimum Gasteiger partial charge on any atom is -0.407 e. The zero-order valence-corrected chi connectivity index (χ0v) is 12.3. The second-order valence-electron chi connectivity index (χ2n) is 4.57. The first-order chi connectivity index (χ1) is 9.76. The van der Waals surface area contributed by atoms with E-state index in [9.17, 15) is 0 Å². The maximum atomic E-state index is 6.02. The molecule has 0 amide bonds. The van der Waals surface area contributed by atoms with E-state index in [-0.39, 0.29) is 5.88 Å². The monoisotopic (exact) mass is 312 g/mol. The number of rotatable bonds is 3. The molecule has 5 nitrogen and oxygen atoms in total. The molecule has 0 unspecified atom stereocenters. The molecule has 1 fully saturated rings. The number of anilines is 2. The number of nitrogens with zero attached hydrogens (tertiary/aromatic N) is 4. The van der Waals surface area contributed by atoms with Gasteiger partial charge in [-0.25, -0.2) is 0 Å². The van der Waals surface area contributed by atoms with Crippen molar-refractivity contribution in [3.8, 4) is 0 Å². The van der Waals surface area contributed by atoms with E-state index in [1.807, 2.05) is 18.2 Å². The number of alkyl halides is 1. The van der Waals surface area contributed by atoms with Crippen molar-refractivity contribution in [1.29, 1.82) is 0 Å². The number of benzene rings is 1. The van der Waals surface area contributed by atoms with Gasteiger partial charge in [-0.2, -0.15) is 0 Å². The van der Waals surface area contributed by atoms with Gasteiger partial charge in [0.15, 0.2) is 0 Å². The van der Waals surface area contributed by atoms with Crippen molar-refractivity contribution in [1.82, 2.24) is 10.2 Å². The van der Waals surface area contributed by atoms with Gasteiger partial charge in [0.1, 0.15) is 5.88 Å². The largest absolute Gasteiger partial charge is 0.407 e. The fraction of sp³-hybridized carbons (Fsp3) is 0.385. The summed E-state index contributed by atoms with van der Waals surface area (Å²) in [6, 6.07) is 8.45. The molecule has 2 heterocycles. The van der Waals surface area contributed by atoms with Crippen LogP contribution in [-0.2, 0) is 5.88 Å². The van der Waals surface area contributed by atoms with Crippen molar-refractivity contribution < 1.29 is 4.42 Å². The second-order valence-corrected chi connectivity index (χ2v) is 5.27. The van der Waals surface area contributed by atoms with Crippen LogP contribution in [0.3, 0.4) is 0 Å². The Balaban J connectivity index is 1.64. The fourth-order valence-electron chi connectivity index (χ4n) is 2.26. The molecule has 20 heavy (non-hydrogen) atoms. The summed E-state index contributed by atoms with van der Waals surface area (Å²) in [5, 5.41) is 8.64. The quantitative estimate of drug-likeness (QED) is 0.815. The van der Waals surface area contributed by atoms with E-state index in [1.54, 1.807) is 0 Å². The third kappa shape index (κ3) is 2.83. The van der Waals surface area contributed by atoms with Crippen LogP contribution < -0.4 is 9.80 Å². The molecule has 7 heteroatoms. The Labute approximate surface area is 127 Å². The summed E-state index contributed by atoms with van der Waals surface area (Å²) in [6.45, 7) is 3.44. The van der Waals surface area contributed by atoms with Crippen LogP contribution in [0, 0.1) is 0 Å². The molecule has 106 valence electrons. The van der Waals surface area contributed by atoms with E-state index >= 15 is 0 Å². The molecule has 0 N–H and O–H groups in total. The Morgan fingerprint density at radius 1 is 1.10 bits per heavy atom. The molecule has 1 aromatic carbocycles. The van der Waals surface area contributed by atoms with Crippen LogP contribution in [0.15, 0.2) is 28.7 Å². The lowest BCUT2D eigenvalue weighted by Gasteiger charge is -2.35. The number of piperazine rings is 1. The Kier molecular flexibility index (Phi) is 3.98. The first kappa shape index (κ1) is 13.5. The molecule has 1 aliphatic heterocycles. The third-order valence-electron chi connectivity index (χ3n) is 3.29. The number of aromatic nitrogens is 2. The lowest BCUT2D eigenvalue weighted by molar-refractivity contribution is 0.488. The number of hydrogen-bond acceptors (Lipinski definition) is 5. The normalized spacial score (nSPS) is 15.7. The van der Waals surface area contributed by atoms with E-state index in [0.717, 1.165) is 36.9 Å². The Morgan fingerprint density at radius 3 is 2.50 bits per heavy atom. The van der Waals surface area contributed by atoms with Crippen LogP contribution in [0.1, 0.15) is 5.89 Å². The molecule has 0 atom stereocenters. The minimum absolute atomic E-state index is 0.246. The number of hydrogen-bond donors (Lipinski definition) is 0. The van der Waals surface area contributed by atoms with Crippen LogP contribution in [0.5, 0.6) is 0 Å². The topological polar surface area (TPSA) is 45.4 Å². The van der Waals surface area contributed by atoms with E-state index < -0.39 is 0 Å². The van der Waals surface area contributed by atoms with Crippen LogP contribution in [-0.4, -0.2) is 36.4 Å². The summed E-state index contributed by atoms with van der Waals surface area (Å²) in [5.41, 5.74) is 1.14. The summed E-state index contributed by atoms with van der Waals surface area (Å²) < 4.78 is 5.46. The smallest absolute Gasteiger partial charge is 0.318 e. The van der Waals surface area contributed by atoms with Gasteiger partial charge in [-0.1, -0.05) is 22.8 Å². The summed E-state index contributed by atoms with van der Waals surface area (Å²) in [5.74, 6) is 0.703. The van der Waals surface area contributed by atoms with Gasteiger partial charge in [0.2, 0.25) is 5.89 Å². The molecule has 1 saturated heterocycles. The highest BCUT2D eigenvalue weighted by Crippen LogP contribution is 2.22. The first-order valence-corrected chi connectivity index (χ1v) is 7.31. The lowest BCUT2D eigenvalue weighted by Crippen LogP contribution is -2.46. The maximum Gasteiger partial charge on any atom is 0.318 e. The molecule has 0 bridgehead atoms. The van der Waals surface area contributed by atoms with Crippen molar-refractivity contribution in [2.24, 2.45) is 0 Å². The average molecular weight is 313 g/mol. The standard InChI is InChI=1S/C13H14Cl2N4O/c14-9-12-16-17-13(20-12)19-6-4-18(5-7-19)11-3-1-2-10(15)8-11/h1-3,8H,4-7,9H2. The molecule has 0 aliphatic carbocycles. The van der Waals surface area contributed by atoms with Crippen LogP contribution in [0.4, 0.5) is 11.7 Å². The van der Waals surface area contributed by atoms with E-state index in [0.29, 0.717) is 11.9 Å². The van der Waals surface area contributed by atoms with Crippen molar-refractivity contribution >= 4 is 34.9 Å². The van der Waals surface area contributed by atoms with Gasteiger partial charge in [0.05, 0.1) is 0 Å². The first-order valence-electron chi connectivity index (χ1n) is 6.40. The van der Waals surface area contributed by atoms with Crippen molar-refractivity contribution in [2.45, 2.75) is 5.88 Å². The van der Waals surface area contributed by atoms with E-state index in [2.05, 4.69) is 26.1 Å². The average Bonchev–Trinajstić information content (AvgIpc) is 2.96. The molecule has 0 saturated carbocycles. The van der Waals surface area contributed by atoms with Crippen LogP contribution in [0.25, 0.3) is 0 Å². The minimum atomic E-state index is 0.246. The van der Waals surface area contributed by atoms with Crippen LogP contribution in [0.2, 0.25) is 5.02 Å². The van der Waals surface area contributed by atoms with Crippen molar-refractivity contribution in [3.63, 3.8) is 0 Å². The molecule has 3 rings (SSSR count). The highest BCUT2D eigenvalue weighted by atomic mass is 35.5. The van der Waals surface area contributed by atoms with Gasteiger partial charge in [-0.15, -0.1) is 16.7 Å². The summed E-state index contributed by atoms with van der Waals surface area (Å²) in [7, 11) is 0. The van der Waals surface area contributed by atoms with E-state index in [4.69, 9.17) is 27.6 Å². The molecule has 0 spiro atoms. The molecular weight excluding hydrogens is 299 g/mol. The SMILES string of the molecule is ClCc1nnc(N2CCN(c3cccc(Cl)c3)CC2)o1. The third-order valence-corrected chi connectivity index (χ3v) is 3.76. The second kappa shape index (κ2) is 5.89. The summed E-state index contributed by atoms with van der Waals surface area (Å²) in [6.07, 6.45) is 0. The lowest BCUT2D eigenvalue weighted by atomic mass is 10.2. The van der Waals surface area contributed by atoms with Gasteiger partial charge in [0.25, 0.3) is 0 Å². The van der Waals surface area contributed by atoms with E-state index in [1.165, 1.54) is 0 Å². The highest BCUT2D eigenvalue weighted by molar-refractivity contribution is 6.30. The number of halogens is 2. The zero-order chi connectivity index (χ0) is 13.9. The molecule has 1 aromatic heterocycles. The van der Waals surface area contributed by atoms with Gasteiger partial charge in [0, 0.05) is 36.9 Å². The Bertz CT molecular complexity index is 581. The Morgan fingerprint density at radius 2 is 1.85 bits per heavy atom. The highest BCUT2D eigenvalue weighted by Gasteiger charge is 2.21. The molecule has 0 radical (unpaired) electrons. The summed E-state index contributed by atoms with van der Waals surface area (Å²) in [4.78, 5) is 4.37. The maximum absolute atomic E-state index is 6.02. The van der Waals surface area contributed by atoms with Gasteiger partial charge >= 0.3 is 6.01 Å². The van der Waals surface area contributed by atoms with Gasteiger partial charge < -0.3 is 14.2 Å². The zero-order valence-electron chi connectivity index (χ0n) is 10.8. The Hall–Kier alpha value is -1.46. The van der Waals surface area contributed by atoms with Gasteiger partial charge in [-0.3, -0.25) is 0 Å². The van der Waals surface area contributed by atoms with Crippen LogP contribution >= 0.6 is 23.2 Å². The molecule has 1 aliphatic rings. The van der Waals surface area contributed by atoms with Crippen molar-refractivity contribution in [3.05, 3.63) is 35.2 Å². The van der Waals surface area contributed by atoms with Crippen molar-refractivity contribution in [2.75, 3.05) is 36.0 Å². The summed E-state index contributed by atoms with van der Waals surface area (Å²) >= 11 is 11.7. The molecule has 2 aromatic rings.